The van der Waals surface area contributed by atoms with Crippen LogP contribution in [0.25, 0.3) is 0 Å². The molecule has 0 radical (unpaired) electrons. The van der Waals surface area contributed by atoms with E-state index in [1.165, 1.54) is 49.7 Å². The molecule has 1 aromatic rings. The smallest absolute Gasteiger partial charge is 0.0219 e. The maximum atomic E-state index is 2.30. The minimum atomic E-state index is 0.651. The third kappa shape index (κ3) is 7.53. The summed E-state index contributed by atoms with van der Waals surface area (Å²) in [4.78, 5) is 0. The van der Waals surface area contributed by atoms with Gasteiger partial charge >= 0.3 is 0 Å². The summed E-state index contributed by atoms with van der Waals surface area (Å²) < 4.78 is 0. The summed E-state index contributed by atoms with van der Waals surface area (Å²) in [5.41, 5.74) is 2.95. The summed E-state index contributed by atoms with van der Waals surface area (Å²) in [5.74, 6) is 0.651. The van der Waals surface area contributed by atoms with Crippen LogP contribution in [0.3, 0.4) is 0 Å². The monoisotopic (exact) mass is 248 g/mol. The van der Waals surface area contributed by atoms with Gasteiger partial charge in [0.2, 0.25) is 0 Å². The number of benzene rings is 1. The summed E-state index contributed by atoms with van der Waals surface area (Å²) >= 11 is 0. The van der Waals surface area contributed by atoms with Crippen LogP contribution in [0.5, 0.6) is 0 Å². The van der Waals surface area contributed by atoms with Crippen LogP contribution in [0, 0.1) is 0 Å². The summed E-state index contributed by atoms with van der Waals surface area (Å²) in [7, 11) is 0. The lowest BCUT2D eigenvalue weighted by Gasteiger charge is -2.06. The van der Waals surface area contributed by atoms with Crippen LogP contribution in [0.1, 0.15) is 83.8 Å². The van der Waals surface area contributed by atoms with Crippen LogP contribution in [0.15, 0.2) is 24.3 Å². The second kappa shape index (κ2) is 11.3. The summed E-state index contributed by atoms with van der Waals surface area (Å²) in [6.07, 6.45) is 8.12. The van der Waals surface area contributed by atoms with Crippen LogP contribution in [0.2, 0.25) is 0 Å². The summed E-state index contributed by atoms with van der Waals surface area (Å²) in [6, 6.07) is 9.17. The molecule has 0 N–H and O–H groups in total. The van der Waals surface area contributed by atoms with Gasteiger partial charge in [0.25, 0.3) is 0 Å². The van der Waals surface area contributed by atoms with Crippen molar-refractivity contribution in [1.29, 1.82) is 0 Å². The average molecular weight is 248 g/mol. The number of unbranched alkanes of at least 4 members (excludes halogenated alkanes) is 4. The van der Waals surface area contributed by atoms with Gasteiger partial charge in [-0.1, -0.05) is 84.6 Å². The van der Waals surface area contributed by atoms with Crippen molar-refractivity contribution in [3.63, 3.8) is 0 Å². The topological polar surface area (TPSA) is 0 Å². The van der Waals surface area contributed by atoms with Crippen molar-refractivity contribution < 1.29 is 0 Å². The molecule has 0 atom stereocenters. The van der Waals surface area contributed by atoms with E-state index in [-0.39, 0.29) is 0 Å². The maximum Gasteiger partial charge on any atom is -0.0219 e. The molecule has 1 aromatic carbocycles. The molecule has 0 amide bonds. The number of rotatable bonds is 7. The molecule has 0 aliphatic heterocycles. The molecule has 0 aliphatic rings. The molecule has 0 aliphatic carbocycles. The van der Waals surface area contributed by atoms with Crippen LogP contribution in [-0.4, -0.2) is 0 Å². The molecular weight excluding hydrogens is 216 g/mol. The lowest BCUT2D eigenvalue weighted by molar-refractivity contribution is 0.632. The highest BCUT2D eigenvalue weighted by Crippen LogP contribution is 2.16. The largest absolute Gasteiger partial charge is 0.0683 e. The molecule has 1 rings (SSSR count). The molecule has 0 fully saturated rings. The normalized spacial score (nSPS) is 10.1. The number of hydrogen-bond donors (Lipinski definition) is 0. The van der Waals surface area contributed by atoms with E-state index in [9.17, 15) is 0 Å². The van der Waals surface area contributed by atoms with E-state index in [1.807, 2.05) is 13.8 Å². The van der Waals surface area contributed by atoms with Gasteiger partial charge in [-0.2, -0.15) is 0 Å². The minimum absolute atomic E-state index is 0.651. The Balaban J connectivity index is 0.00000137. The van der Waals surface area contributed by atoms with E-state index >= 15 is 0 Å². The second-order valence-electron chi connectivity index (χ2n) is 5.06. The van der Waals surface area contributed by atoms with Gasteiger partial charge in [-0.3, -0.25) is 0 Å². The molecule has 0 heteroatoms. The zero-order chi connectivity index (χ0) is 13.8. The quantitative estimate of drug-likeness (QED) is 0.493. The number of aryl methyl sites for hydroxylation is 1. The zero-order valence-corrected chi connectivity index (χ0v) is 13.1. The van der Waals surface area contributed by atoms with Crippen molar-refractivity contribution in [1.82, 2.24) is 0 Å². The fourth-order valence-corrected chi connectivity index (χ4v) is 2.00. The highest BCUT2D eigenvalue weighted by atomic mass is 14.0. The Labute approximate surface area is 115 Å². The second-order valence-corrected chi connectivity index (χ2v) is 5.06. The van der Waals surface area contributed by atoms with Gasteiger partial charge in [0, 0.05) is 0 Å². The fraction of sp³-hybridized carbons (Fsp3) is 0.667. The predicted octanol–water partition coefficient (Wildman–Crippen LogP) is 6.35. The van der Waals surface area contributed by atoms with Crippen molar-refractivity contribution >= 4 is 0 Å². The van der Waals surface area contributed by atoms with E-state index in [1.54, 1.807) is 0 Å². The molecule has 0 spiro atoms. The first-order valence-corrected chi connectivity index (χ1v) is 7.83. The van der Waals surface area contributed by atoms with Gasteiger partial charge in [-0.05, 0) is 29.9 Å². The highest BCUT2D eigenvalue weighted by molar-refractivity contribution is 5.24. The van der Waals surface area contributed by atoms with E-state index < -0.39 is 0 Å². The molecule has 0 nitrogen and oxygen atoms in total. The molecule has 0 bridgehead atoms. The van der Waals surface area contributed by atoms with Crippen LogP contribution < -0.4 is 0 Å². The van der Waals surface area contributed by atoms with Gasteiger partial charge in [0.05, 0.1) is 0 Å². The third-order valence-electron chi connectivity index (χ3n) is 3.22. The molecule has 0 saturated heterocycles. The van der Waals surface area contributed by atoms with Gasteiger partial charge in [0.15, 0.2) is 0 Å². The predicted molar refractivity (Wildman–Crippen MR) is 84.3 cm³/mol. The Kier molecular flexibility index (Phi) is 10.8. The van der Waals surface area contributed by atoms with Gasteiger partial charge in [-0.25, -0.2) is 0 Å². The Morgan fingerprint density at radius 3 is 1.89 bits per heavy atom. The third-order valence-corrected chi connectivity index (χ3v) is 3.22. The highest BCUT2D eigenvalue weighted by Gasteiger charge is 1.98. The molecule has 104 valence electrons. The Bertz CT molecular complexity index is 269. The van der Waals surface area contributed by atoms with Crippen molar-refractivity contribution in [2.24, 2.45) is 0 Å². The average Bonchev–Trinajstić information content (AvgIpc) is 2.41. The van der Waals surface area contributed by atoms with E-state index in [0.29, 0.717) is 5.92 Å². The lowest BCUT2D eigenvalue weighted by atomic mass is 9.99. The van der Waals surface area contributed by atoms with Crippen molar-refractivity contribution in [3.05, 3.63) is 35.4 Å². The molecule has 0 saturated carbocycles. The van der Waals surface area contributed by atoms with Gasteiger partial charge < -0.3 is 0 Å². The van der Waals surface area contributed by atoms with E-state index in [0.717, 1.165) is 0 Å². The first-order chi connectivity index (χ1) is 8.74. The Morgan fingerprint density at radius 2 is 1.39 bits per heavy atom. The first-order valence-electron chi connectivity index (χ1n) is 7.83. The van der Waals surface area contributed by atoms with E-state index in [4.69, 9.17) is 0 Å². The number of hydrogen-bond acceptors (Lipinski definition) is 0. The van der Waals surface area contributed by atoms with Crippen molar-refractivity contribution in [2.45, 2.75) is 79.1 Å². The summed E-state index contributed by atoms with van der Waals surface area (Å²) in [5, 5.41) is 0. The molecule has 0 unspecified atom stereocenters. The standard InChI is InChI=1S/C16H26.C2H6/c1-4-5-6-7-8-9-15-10-12-16(13-11-15)14(2)3;1-2/h10-14H,4-9H2,1-3H3;1-2H3. The Morgan fingerprint density at radius 1 is 0.833 bits per heavy atom. The molecular formula is C18H32. The first kappa shape index (κ1) is 17.2. The fourth-order valence-electron chi connectivity index (χ4n) is 2.00. The van der Waals surface area contributed by atoms with Crippen molar-refractivity contribution in [3.8, 4) is 0 Å². The summed E-state index contributed by atoms with van der Waals surface area (Å²) in [6.45, 7) is 10.8. The van der Waals surface area contributed by atoms with Gasteiger partial charge in [-0.15, -0.1) is 0 Å². The maximum absolute atomic E-state index is 2.30. The van der Waals surface area contributed by atoms with E-state index in [2.05, 4.69) is 45.0 Å². The SMILES string of the molecule is CC.CCCCCCCc1ccc(C(C)C)cc1. The Hall–Kier alpha value is -0.780. The lowest BCUT2D eigenvalue weighted by Crippen LogP contribution is -1.90. The molecule has 0 aromatic heterocycles. The van der Waals surface area contributed by atoms with Crippen LogP contribution >= 0.6 is 0 Å². The van der Waals surface area contributed by atoms with Crippen molar-refractivity contribution in [2.75, 3.05) is 0 Å². The minimum Gasteiger partial charge on any atom is -0.0683 e. The van der Waals surface area contributed by atoms with Gasteiger partial charge in [0.1, 0.15) is 0 Å². The molecule has 0 heterocycles. The zero-order valence-electron chi connectivity index (χ0n) is 13.1. The van der Waals surface area contributed by atoms with Crippen LogP contribution in [0.4, 0.5) is 0 Å². The molecule has 18 heavy (non-hydrogen) atoms. The van der Waals surface area contributed by atoms with Crippen LogP contribution in [-0.2, 0) is 6.42 Å².